The van der Waals surface area contributed by atoms with Gasteiger partial charge in [0.2, 0.25) is 0 Å². The summed E-state index contributed by atoms with van der Waals surface area (Å²) in [6.45, 7) is 0. The van der Waals surface area contributed by atoms with Gasteiger partial charge in [-0.2, -0.15) is 0 Å². The lowest BCUT2D eigenvalue weighted by molar-refractivity contribution is -0.386. The first-order valence-electron chi connectivity index (χ1n) is 7.99. The van der Waals surface area contributed by atoms with Gasteiger partial charge in [0, 0.05) is 0 Å². The van der Waals surface area contributed by atoms with Crippen molar-refractivity contribution in [3.05, 3.63) is 66.5 Å². The predicted octanol–water partition coefficient (Wildman–Crippen LogP) is 2.46. The molecule has 0 bridgehead atoms. The average Bonchev–Trinajstić information content (AvgIpc) is 3.05. The molecule has 1 aliphatic carbocycles. The second-order valence-corrected chi connectivity index (χ2v) is 5.86. The number of benzene rings is 1. The van der Waals surface area contributed by atoms with Crippen molar-refractivity contribution in [1.82, 2.24) is 9.97 Å². The summed E-state index contributed by atoms with van der Waals surface area (Å²) in [7, 11) is 0. The second kappa shape index (κ2) is 7.16. The van der Waals surface area contributed by atoms with E-state index in [1.54, 1.807) is 12.1 Å². The monoisotopic (exact) mass is 343 g/mol. The smallest absolute Gasteiger partial charge is 0.357 e. The molecule has 2 aromatic rings. The van der Waals surface area contributed by atoms with E-state index in [1.807, 2.05) is 23.2 Å². The van der Waals surface area contributed by atoms with Crippen LogP contribution in [0.3, 0.4) is 0 Å². The molecule has 0 radical (unpaired) electrons. The fraction of sp³-hybridized carbons (Fsp3) is 0.294. The molecule has 25 heavy (non-hydrogen) atoms. The van der Waals surface area contributed by atoms with Crippen LogP contribution in [0, 0.1) is 10.1 Å². The van der Waals surface area contributed by atoms with Gasteiger partial charge in [-0.05, 0) is 49.5 Å². The molecule has 1 heterocycles. The highest BCUT2D eigenvalue weighted by molar-refractivity contribution is 5.72. The van der Waals surface area contributed by atoms with Gasteiger partial charge in [-0.15, -0.1) is 0 Å². The lowest BCUT2D eigenvalue weighted by Crippen LogP contribution is -2.25. The van der Waals surface area contributed by atoms with Gasteiger partial charge < -0.3 is 9.72 Å². The standard InChI is InChI=1S/C17H17N3O5/c21-16-15(20(23)24)14(18-17(22)19-16)9-8-11-4-3-7-13(10-11)25-12-5-1-2-6-12/h3-4,7-10,12H,1-2,5-6H2,(H2,18,19,21,22)/b9-8+. The molecule has 1 aliphatic rings. The average molecular weight is 343 g/mol. The predicted molar refractivity (Wildman–Crippen MR) is 92.6 cm³/mol. The quantitative estimate of drug-likeness (QED) is 0.638. The van der Waals surface area contributed by atoms with E-state index in [2.05, 4.69) is 4.98 Å². The Kier molecular flexibility index (Phi) is 4.78. The number of nitro groups is 1. The Morgan fingerprint density at radius 3 is 2.64 bits per heavy atom. The van der Waals surface area contributed by atoms with E-state index in [4.69, 9.17) is 4.74 Å². The zero-order chi connectivity index (χ0) is 17.8. The molecule has 1 aromatic heterocycles. The highest BCUT2D eigenvalue weighted by Crippen LogP contribution is 2.25. The topological polar surface area (TPSA) is 118 Å². The van der Waals surface area contributed by atoms with E-state index >= 15 is 0 Å². The Morgan fingerprint density at radius 2 is 1.92 bits per heavy atom. The molecule has 3 rings (SSSR count). The Balaban J connectivity index is 1.86. The zero-order valence-corrected chi connectivity index (χ0v) is 13.4. The molecule has 0 spiro atoms. The van der Waals surface area contributed by atoms with E-state index in [-0.39, 0.29) is 11.8 Å². The Morgan fingerprint density at radius 1 is 1.16 bits per heavy atom. The summed E-state index contributed by atoms with van der Waals surface area (Å²) in [5.74, 6) is 0.725. The highest BCUT2D eigenvalue weighted by atomic mass is 16.6. The zero-order valence-electron chi connectivity index (χ0n) is 13.4. The van der Waals surface area contributed by atoms with Gasteiger partial charge in [0.15, 0.2) is 0 Å². The molecule has 0 amide bonds. The van der Waals surface area contributed by atoms with Gasteiger partial charge in [-0.1, -0.05) is 18.2 Å². The van der Waals surface area contributed by atoms with Crippen LogP contribution in [0.1, 0.15) is 36.9 Å². The molecule has 1 aromatic carbocycles. The van der Waals surface area contributed by atoms with Crippen molar-refractivity contribution in [3.8, 4) is 5.75 Å². The summed E-state index contributed by atoms with van der Waals surface area (Å²) in [6, 6.07) is 7.28. The maximum absolute atomic E-state index is 11.6. The number of nitrogens with one attached hydrogen (secondary N) is 2. The fourth-order valence-corrected chi connectivity index (χ4v) is 2.87. The molecule has 1 saturated carbocycles. The van der Waals surface area contributed by atoms with Crippen LogP contribution in [0.25, 0.3) is 12.2 Å². The van der Waals surface area contributed by atoms with Crippen molar-refractivity contribution >= 4 is 17.8 Å². The number of aromatic amines is 2. The first-order chi connectivity index (χ1) is 12.0. The summed E-state index contributed by atoms with van der Waals surface area (Å²) in [5.41, 5.74) is -1.94. The molecule has 2 N–H and O–H groups in total. The van der Waals surface area contributed by atoms with Gasteiger partial charge in [0.1, 0.15) is 11.4 Å². The van der Waals surface area contributed by atoms with Crippen LogP contribution in [-0.4, -0.2) is 21.0 Å². The summed E-state index contributed by atoms with van der Waals surface area (Å²) in [5, 5.41) is 11.0. The highest BCUT2D eigenvalue weighted by Gasteiger charge is 2.19. The molecular weight excluding hydrogens is 326 g/mol. The van der Waals surface area contributed by atoms with Crippen LogP contribution in [0.4, 0.5) is 5.69 Å². The maximum atomic E-state index is 11.6. The minimum atomic E-state index is -1.04. The summed E-state index contributed by atoms with van der Waals surface area (Å²) in [4.78, 5) is 37.3. The van der Waals surface area contributed by atoms with E-state index in [1.165, 1.54) is 18.9 Å². The summed E-state index contributed by atoms with van der Waals surface area (Å²) < 4.78 is 5.91. The first-order valence-corrected chi connectivity index (χ1v) is 7.99. The van der Waals surface area contributed by atoms with Crippen LogP contribution < -0.4 is 16.0 Å². The third-order valence-electron chi connectivity index (χ3n) is 4.03. The molecule has 0 saturated heterocycles. The summed E-state index contributed by atoms with van der Waals surface area (Å²) >= 11 is 0. The second-order valence-electron chi connectivity index (χ2n) is 5.86. The number of H-pyrrole nitrogens is 2. The molecule has 0 atom stereocenters. The summed E-state index contributed by atoms with van der Waals surface area (Å²) in [6.07, 6.45) is 7.57. The van der Waals surface area contributed by atoms with Crippen LogP contribution in [0.5, 0.6) is 5.75 Å². The molecular formula is C17H17N3O5. The van der Waals surface area contributed by atoms with E-state index < -0.39 is 21.9 Å². The van der Waals surface area contributed by atoms with Gasteiger partial charge in [0.05, 0.1) is 11.0 Å². The van der Waals surface area contributed by atoms with Crippen LogP contribution in [-0.2, 0) is 0 Å². The molecule has 0 unspecified atom stereocenters. The number of aromatic nitrogens is 2. The first kappa shape index (κ1) is 16.7. The number of rotatable bonds is 5. The van der Waals surface area contributed by atoms with Crippen molar-refractivity contribution in [3.63, 3.8) is 0 Å². The fourth-order valence-electron chi connectivity index (χ4n) is 2.87. The number of nitrogens with zero attached hydrogens (tertiary/aromatic N) is 1. The van der Waals surface area contributed by atoms with E-state index in [0.717, 1.165) is 24.2 Å². The number of ether oxygens (including phenoxy) is 1. The van der Waals surface area contributed by atoms with Gasteiger partial charge >= 0.3 is 16.9 Å². The van der Waals surface area contributed by atoms with Crippen molar-refractivity contribution < 1.29 is 9.66 Å². The third kappa shape index (κ3) is 4.03. The van der Waals surface area contributed by atoms with Crippen LogP contribution in [0.2, 0.25) is 0 Å². The molecule has 0 aliphatic heterocycles. The molecule has 8 heteroatoms. The number of hydrogen-bond acceptors (Lipinski definition) is 5. The lowest BCUT2D eigenvalue weighted by Gasteiger charge is -2.13. The van der Waals surface area contributed by atoms with Crippen molar-refractivity contribution in [2.45, 2.75) is 31.8 Å². The normalized spacial score (nSPS) is 14.9. The van der Waals surface area contributed by atoms with E-state index in [0.29, 0.717) is 0 Å². The van der Waals surface area contributed by atoms with E-state index in [9.17, 15) is 19.7 Å². The Bertz CT molecular complexity index is 922. The Labute approximate surface area is 142 Å². The number of hydrogen-bond donors (Lipinski definition) is 2. The third-order valence-corrected chi connectivity index (χ3v) is 4.03. The van der Waals surface area contributed by atoms with Crippen LogP contribution in [0.15, 0.2) is 33.9 Å². The Hall–Kier alpha value is -3.16. The van der Waals surface area contributed by atoms with Gasteiger partial charge in [-0.25, -0.2) is 4.79 Å². The van der Waals surface area contributed by atoms with Crippen molar-refractivity contribution in [2.75, 3.05) is 0 Å². The van der Waals surface area contributed by atoms with Crippen molar-refractivity contribution in [1.29, 1.82) is 0 Å². The van der Waals surface area contributed by atoms with Crippen LogP contribution >= 0.6 is 0 Å². The minimum absolute atomic E-state index is 0.152. The SMILES string of the molecule is O=c1[nH]c(/C=C/c2cccc(OC3CCCC3)c2)c([N+](=O)[O-])c(=O)[nH]1. The molecule has 8 nitrogen and oxygen atoms in total. The minimum Gasteiger partial charge on any atom is -0.490 e. The van der Waals surface area contributed by atoms with Crippen molar-refractivity contribution in [2.24, 2.45) is 0 Å². The molecule has 1 fully saturated rings. The molecule has 130 valence electrons. The van der Waals surface area contributed by atoms with Gasteiger partial charge in [0.25, 0.3) is 0 Å². The maximum Gasteiger partial charge on any atom is 0.357 e. The largest absolute Gasteiger partial charge is 0.490 e. The lowest BCUT2D eigenvalue weighted by atomic mass is 10.2. The van der Waals surface area contributed by atoms with Gasteiger partial charge in [-0.3, -0.25) is 19.9 Å².